The van der Waals surface area contributed by atoms with Gasteiger partial charge in [-0.15, -0.1) is 0 Å². The van der Waals surface area contributed by atoms with Gasteiger partial charge in [-0.05, 0) is 66.2 Å². The van der Waals surface area contributed by atoms with Gasteiger partial charge in [0.15, 0.2) is 0 Å². The molecule has 0 amide bonds. The molecule has 0 aliphatic carbocycles. The molecule has 0 aliphatic heterocycles. The van der Waals surface area contributed by atoms with Crippen molar-refractivity contribution in [3.05, 3.63) is 170 Å². The number of benzene rings is 5. The summed E-state index contributed by atoms with van der Waals surface area (Å²) in [6, 6.07) is 52.5. The lowest BCUT2D eigenvalue weighted by Gasteiger charge is -2.25. The second-order valence-corrected chi connectivity index (χ2v) is 13.2. The van der Waals surface area contributed by atoms with Crippen LogP contribution in [-0.2, 0) is 0 Å². The van der Waals surface area contributed by atoms with E-state index < -0.39 is 0 Å². The van der Waals surface area contributed by atoms with Crippen molar-refractivity contribution >= 4 is 65.8 Å². The zero-order chi connectivity index (χ0) is 35.0. The number of nitriles is 1. The minimum atomic E-state index is 0.551. The summed E-state index contributed by atoms with van der Waals surface area (Å²) in [5.41, 5.74) is 13.2. The van der Waals surface area contributed by atoms with Crippen molar-refractivity contribution < 1.29 is 0 Å². The molecule has 0 aliphatic rings. The van der Waals surface area contributed by atoms with Crippen molar-refractivity contribution in [2.45, 2.75) is 0 Å². The molecule has 0 unspecified atom stereocenters. The Hall–Kier alpha value is -7.56. The first-order valence-corrected chi connectivity index (χ1v) is 17.5. The fourth-order valence-corrected chi connectivity index (χ4v) is 8.30. The van der Waals surface area contributed by atoms with E-state index in [1.807, 2.05) is 61.1 Å². The maximum atomic E-state index is 11.5. The van der Waals surface area contributed by atoms with Gasteiger partial charge in [-0.3, -0.25) is 15.0 Å². The molecule has 6 heterocycles. The highest BCUT2D eigenvalue weighted by atomic mass is 15.1. The van der Waals surface area contributed by atoms with E-state index >= 15 is 0 Å². The molecule has 0 fully saturated rings. The second-order valence-electron chi connectivity index (χ2n) is 13.2. The topological polar surface area (TPSA) is 77.2 Å². The molecule has 0 saturated carbocycles. The highest BCUT2D eigenvalue weighted by Crippen LogP contribution is 2.45. The summed E-state index contributed by atoms with van der Waals surface area (Å²) in [6.45, 7) is 0. The summed E-state index contributed by atoms with van der Waals surface area (Å²) in [4.78, 5) is 14.7. The Bertz CT molecular complexity index is 3140. The van der Waals surface area contributed by atoms with E-state index in [9.17, 15) is 5.26 Å². The largest absolute Gasteiger partial charge is 0.305 e. The maximum absolute atomic E-state index is 11.5. The summed E-state index contributed by atoms with van der Waals surface area (Å²) in [6.07, 6.45) is 5.53. The third kappa shape index (κ3) is 4.06. The quantitative estimate of drug-likeness (QED) is 0.186. The molecule has 0 saturated heterocycles. The van der Waals surface area contributed by atoms with Gasteiger partial charge in [-0.25, -0.2) is 0 Å². The highest BCUT2D eigenvalue weighted by molar-refractivity contribution is 6.12. The summed E-state index contributed by atoms with van der Waals surface area (Å²) in [5.74, 6) is 0. The predicted octanol–water partition coefficient (Wildman–Crippen LogP) is 10.7. The van der Waals surface area contributed by atoms with Crippen LogP contribution in [0.2, 0.25) is 0 Å². The number of para-hydroxylation sites is 3. The Kier molecular flexibility index (Phi) is 6.18. The molecule has 11 aromatic rings. The van der Waals surface area contributed by atoms with Gasteiger partial charge in [0.1, 0.15) is 6.07 Å². The van der Waals surface area contributed by atoms with Gasteiger partial charge in [0.2, 0.25) is 0 Å². The van der Waals surface area contributed by atoms with Gasteiger partial charge in [-0.2, -0.15) is 5.26 Å². The Morgan fingerprint density at radius 2 is 0.830 bits per heavy atom. The van der Waals surface area contributed by atoms with Gasteiger partial charge >= 0.3 is 0 Å². The number of rotatable bonds is 4. The van der Waals surface area contributed by atoms with Crippen molar-refractivity contribution in [1.29, 1.82) is 5.26 Å². The minimum absolute atomic E-state index is 0.551. The van der Waals surface area contributed by atoms with Crippen LogP contribution < -0.4 is 0 Å². The van der Waals surface area contributed by atoms with Crippen LogP contribution in [0.15, 0.2) is 164 Å². The van der Waals surface area contributed by atoms with Crippen molar-refractivity contribution in [2.75, 3.05) is 0 Å². The number of fused-ring (bicyclic) bond motifs is 9. The third-order valence-electron chi connectivity index (χ3n) is 10.4. The molecule has 53 heavy (non-hydrogen) atoms. The van der Waals surface area contributed by atoms with E-state index in [1.165, 1.54) is 0 Å². The first-order chi connectivity index (χ1) is 26.3. The van der Waals surface area contributed by atoms with E-state index in [0.717, 1.165) is 94.0 Å². The zero-order valence-electron chi connectivity index (χ0n) is 28.2. The number of pyridine rings is 3. The molecule has 0 atom stereocenters. The molecule has 246 valence electrons. The molecule has 11 rings (SSSR count). The zero-order valence-corrected chi connectivity index (χ0v) is 28.2. The molecule has 7 nitrogen and oxygen atoms in total. The maximum Gasteiger partial charge on any atom is 0.102 e. The molecule has 7 heteroatoms. The van der Waals surface area contributed by atoms with Gasteiger partial charge in [0.05, 0.1) is 72.3 Å². The van der Waals surface area contributed by atoms with Gasteiger partial charge in [-0.1, -0.05) is 84.9 Å². The van der Waals surface area contributed by atoms with Gasteiger partial charge in [0, 0.05) is 40.3 Å². The van der Waals surface area contributed by atoms with Gasteiger partial charge < -0.3 is 13.7 Å². The van der Waals surface area contributed by atoms with Crippen LogP contribution >= 0.6 is 0 Å². The Morgan fingerprint density at radius 3 is 1.34 bits per heavy atom. The fourth-order valence-electron chi connectivity index (χ4n) is 8.30. The van der Waals surface area contributed by atoms with E-state index in [0.29, 0.717) is 5.56 Å². The van der Waals surface area contributed by atoms with Crippen LogP contribution in [0, 0.1) is 11.3 Å². The predicted molar refractivity (Wildman–Crippen MR) is 213 cm³/mol. The normalized spacial score (nSPS) is 11.8. The Labute approximate surface area is 302 Å². The summed E-state index contributed by atoms with van der Waals surface area (Å²) >= 11 is 0. The molecule has 5 aromatic carbocycles. The molecule has 0 spiro atoms. The Balaban J connectivity index is 1.47. The molecule has 0 N–H and O–H groups in total. The average molecular weight is 678 g/mol. The summed E-state index contributed by atoms with van der Waals surface area (Å²) in [5, 5.41) is 14.6. The first-order valence-electron chi connectivity index (χ1n) is 17.5. The molecule has 0 radical (unpaired) electrons. The monoisotopic (exact) mass is 677 g/mol. The van der Waals surface area contributed by atoms with E-state index in [2.05, 4.69) is 123 Å². The lowest BCUT2D eigenvalue weighted by atomic mass is 9.95. The van der Waals surface area contributed by atoms with Crippen molar-refractivity contribution in [3.8, 4) is 34.3 Å². The van der Waals surface area contributed by atoms with E-state index in [1.54, 1.807) is 0 Å². The highest BCUT2D eigenvalue weighted by Gasteiger charge is 2.29. The van der Waals surface area contributed by atoms with Crippen LogP contribution in [0.1, 0.15) is 5.56 Å². The summed E-state index contributed by atoms with van der Waals surface area (Å²) in [7, 11) is 0. The van der Waals surface area contributed by atoms with Crippen molar-refractivity contribution in [2.24, 2.45) is 0 Å². The average Bonchev–Trinajstić information content (AvgIpc) is 3.86. The molecule has 6 aromatic heterocycles. The van der Waals surface area contributed by atoms with Crippen LogP contribution in [0.25, 0.3) is 94.0 Å². The summed E-state index contributed by atoms with van der Waals surface area (Å²) < 4.78 is 6.85. The number of aromatic nitrogens is 6. The molecular weight excluding hydrogens is 651 g/mol. The number of hydrogen-bond donors (Lipinski definition) is 0. The van der Waals surface area contributed by atoms with Gasteiger partial charge in [0.25, 0.3) is 0 Å². The first kappa shape index (κ1) is 29.2. The molecule has 0 bridgehead atoms. The van der Waals surface area contributed by atoms with Crippen molar-refractivity contribution in [3.63, 3.8) is 0 Å². The van der Waals surface area contributed by atoms with Crippen LogP contribution in [0.3, 0.4) is 0 Å². The van der Waals surface area contributed by atoms with E-state index in [-0.39, 0.29) is 0 Å². The standard InChI is InChI=1S/C46H27N7/c47-28-34-33(29-13-2-1-3-14-29)27-41(51-35-18-7-4-15-30(35)42-38(51)21-10-24-48-42)46(53-37-20-9-6-17-32(37)44-40(53)23-12-26-50-44)45(34)52-36-19-8-5-16-31(36)43-39(52)22-11-25-49-43/h1-27H. The lowest BCUT2D eigenvalue weighted by molar-refractivity contribution is 1.04. The van der Waals surface area contributed by atoms with E-state index in [4.69, 9.17) is 15.0 Å². The lowest BCUT2D eigenvalue weighted by Crippen LogP contribution is -2.12. The second kappa shape index (κ2) is 11.2. The SMILES string of the molecule is N#Cc1c(-c2ccccc2)cc(-n2c3ccccc3c3ncccc32)c(-n2c3ccccc3c3ncccc32)c1-n1c2ccccc2c2ncccc21. The van der Waals surface area contributed by atoms with Crippen LogP contribution in [0.5, 0.6) is 0 Å². The fraction of sp³-hybridized carbons (Fsp3) is 0. The van der Waals surface area contributed by atoms with Crippen molar-refractivity contribution in [1.82, 2.24) is 28.7 Å². The number of nitrogens with zero attached hydrogens (tertiary/aromatic N) is 7. The van der Waals surface area contributed by atoms with Crippen LogP contribution in [-0.4, -0.2) is 28.7 Å². The third-order valence-corrected chi connectivity index (χ3v) is 10.4. The minimum Gasteiger partial charge on any atom is -0.305 e. The smallest absolute Gasteiger partial charge is 0.102 e. The molecular formula is C46H27N7. The van der Waals surface area contributed by atoms with Crippen LogP contribution in [0.4, 0.5) is 0 Å². The Morgan fingerprint density at radius 1 is 0.415 bits per heavy atom. The number of hydrogen-bond acceptors (Lipinski definition) is 4.